The molecule has 1 atom stereocenters. The van der Waals surface area contributed by atoms with Gasteiger partial charge in [0.05, 0.1) is 11.4 Å². The van der Waals surface area contributed by atoms with Gasteiger partial charge in [-0.15, -0.1) is 5.10 Å². The van der Waals surface area contributed by atoms with Crippen LogP contribution in [-0.4, -0.2) is 44.8 Å². The Bertz CT molecular complexity index is 1010. The lowest BCUT2D eigenvalue weighted by atomic mass is 10.0. The lowest BCUT2D eigenvalue weighted by Crippen LogP contribution is -2.48. The quantitative estimate of drug-likeness (QED) is 0.720. The first-order valence-electron chi connectivity index (χ1n) is 9.33. The number of H-pyrrole nitrogens is 1. The Labute approximate surface area is 162 Å². The maximum atomic E-state index is 12.6. The molecule has 1 amide bonds. The summed E-state index contributed by atoms with van der Waals surface area (Å²) in [7, 11) is 0. The Morgan fingerprint density at radius 3 is 2.68 bits per heavy atom. The largest absolute Gasteiger partial charge is 0.353 e. The summed E-state index contributed by atoms with van der Waals surface area (Å²) in [6.45, 7) is 3.53. The van der Waals surface area contributed by atoms with Crippen molar-refractivity contribution in [2.24, 2.45) is 0 Å². The van der Waals surface area contributed by atoms with Gasteiger partial charge in [0.15, 0.2) is 5.82 Å². The molecular formula is C20H22N6O2. The first-order chi connectivity index (χ1) is 13.6. The van der Waals surface area contributed by atoms with Gasteiger partial charge in [-0.25, -0.2) is 4.79 Å². The van der Waals surface area contributed by atoms with Gasteiger partial charge in [0.1, 0.15) is 0 Å². The van der Waals surface area contributed by atoms with E-state index in [9.17, 15) is 9.59 Å². The minimum atomic E-state index is -0.210. The minimum absolute atomic E-state index is 0.0522. The van der Waals surface area contributed by atoms with Gasteiger partial charge in [-0.2, -0.15) is 5.10 Å². The SMILES string of the molecule is Cc1ccc(N2CCCC(NC(=O)c3ccc(-n4cc[nH]c4=O)cc3)C2)nn1. The average molecular weight is 378 g/mol. The number of carbonyl (C=O) groups is 1. The predicted molar refractivity (Wildman–Crippen MR) is 106 cm³/mol. The first-order valence-corrected chi connectivity index (χ1v) is 9.33. The molecule has 1 fully saturated rings. The Kier molecular flexibility index (Phi) is 4.92. The molecule has 0 radical (unpaired) electrons. The van der Waals surface area contributed by atoms with Gasteiger partial charge in [-0.3, -0.25) is 9.36 Å². The normalized spacial score (nSPS) is 16.8. The molecule has 8 heteroatoms. The van der Waals surface area contributed by atoms with Crippen molar-refractivity contribution < 1.29 is 4.79 Å². The molecule has 8 nitrogen and oxygen atoms in total. The molecule has 28 heavy (non-hydrogen) atoms. The molecule has 1 unspecified atom stereocenters. The van der Waals surface area contributed by atoms with Crippen LogP contribution < -0.4 is 15.9 Å². The Morgan fingerprint density at radius 2 is 2.00 bits per heavy atom. The summed E-state index contributed by atoms with van der Waals surface area (Å²) < 4.78 is 1.49. The van der Waals surface area contributed by atoms with E-state index in [4.69, 9.17) is 0 Å². The highest BCUT2D eigenvalue weighted by Gasteiger charge is 2.23. The van der Waals surface area contributed by atoms with Crippen molar-refractivity contribution in [3.63, 3.8) is 0 Å². The van der Waals surface area contributed by atoms with Crippen LogP contribution >= 0.6 is 0 Å². The third kappa shape index (κ3) is 3.80. The van der Waals surface area contributed by atoms with Gasteiger partial charge in [-0.05, 0) is 56.2 Å². The van der Waals surface area contributed by atoms with Crippen LogP contribution in [0.25, 0.3) is 5.69 Å². The fourth-order valence-electron chi connectivity index (χ4n) is 3.43. The summed E-state index contributed by atoms with van der Waals surface area (Å²) in [6.07, 6.45) is 5.15. The molecule has 1 aliphatic heterocycles. The van der Waals surface area contributed by atoms with Crippen molar-refractivity contribution in [1.29, 1.82) is 0 Å². The maximum absolute atomic E-state index is 12.6. The van der Waals surface area contributed by atoms with E-state index < -0.39 is 0 Å². The molecule has 0 spiro atoms. The van der Waals surface area contributed by atoms with Crippen LogP contribution in [0.5, 0.6) is 0 Å². The number of aryl methyl sites for hydroxylation is 1. The van der Waals surface area contributed by atoms with Gasteiger partial charge >= 0.3 is 5.69 Å². The highest BCUT2D eigenvalue weighted by molar-refractivity contribution is 5.94. The molecule has 1 saturated heterocycles. The number of piperidine rings is 1. The summed E-state index contributed by atoms with van der Waals surface area (Å²) in [5.41, 5.74) is 1.96. The zero-order chi connectivity index (χ0) is 19.5. The van der Waals surface area contributed by atoms with Crippen molar-refractivity contribution in [3.8, 4) is 5.69 Å². The number of benzene rings is 1. The molecule has 3 aromatic rings. The summed E-state index contributed by atoms with van der Waals surface area (Å²) in [4.78, 5) is 29.1. The second-order valence-corrected chi connectivity index (χ2v) is 6.97. The molecule has 0 bridgehead atoms. The molecule has 2 N–H and O–H groups in total. The maximum Gasteiger partial charge on any atom is 0.330 e. The molecule has 144 valence electrons. The van der Waals surface area contributed by atoms with Crippen molar-refractivity contribution in [2.75, 3.05) is 18.0 Å². The van der Waals surface area contributed by atoms with Gasteiger partial charge in [0.2, 0.25) is 0 Å². The van der Waals surface area contributed by atoms with E-state index in [0.717, 1.165) is 30.9 Å². The van der Waals surface area contributed by atoms with E-state index >= 15 is 0 Å². The van der Waals surface area contributed by atoms with Crippen molar-refractivity contribution in [2.45, 2.75) is 25.8 Å². The number of nitrogens with one attached hydrogen (secondary N) is 2. The third-order valence-electron chi connectivity index (χ3n) is 4.92. The third-order valence-corrected chi connectivity index (χ3v) is 4.92. The second kappa shape index (κ2) is 7.67. The number of imidazole rings is 1. The predicted octanol–water partition coefficient (Wildman–Crippen LogP) is 1.66. The fraction of sp³-hybridized carbons (Fsp3) is 0.300. The van der Waals surface area contributed by atoms with Crippen LogP contribution in [-0.2, 0) is 0 Å². The van der Waals surface area contributed by atoms with Crippen LogP contribution in [0.2, 0.25) is 0 Å². The topological polar surface area (TPSA) is 95.9 Å². The summed E-state index contributed by atoms with van der Waals surface area (Å²) in [5, 5.41) is 11.5. The van der Waals surface area contributed by atoms with Crippen molar-refractivity contribution >= 4 is 11.7 Å². The highest BCUT2D eigenvalue weighted by atomic mass is 16.2. The number of hydrogen-bond acceptors (Lipinski definition) is 5. The second-order valence-electron chi connectivity index (χ2n) is 6.97. The van der Waals surface area contributed by atoms with Gasteiger partial charge in [0.25, 0.3) is 5.91 Å². The molecule has 3 heterocycles. The van der Waals surface area contributed by atoms with Crippen LogP contribution in [0.15, 0.2) is 53.6 Å². The number of anilines is 1. The van der Waals surface area contributed by atoms with E-state index in [0.29, 0.717) is 17.8 Å². The molecule has 4 rings (SSSR count). The number of aromatic amines is 1. The van der Waals surface area contributed by atoms with Crippen LogP contribution in [0, 0.1) is 6.92 Å². The summed E-state index contributed by atoms with van der Waals surface area (Å²) in [5.74, 6) is 0.723. The smallest absolute Gasteiger partial charge is 0.330 e. The van der Waals surface area contributed by atoms with Gasteiger partial charge in [0, 0.05) is 37.1 Å². The summed E-state index contributed by atoms with van der Waals surface area (Å²) >= 11 is 0. The van der Waals surface area contributed by atoms with Crippen LogP contribution in [0.4, 0.5) is 5.82 Å². The van der Waals surface area contributed by atoms with Gasteiger partial charge in [-0.1, -0.05) is 0 Å². The number of aromatic nitrogens is 4. The number of amides is 1. The van der Waals surface area contributed by atoms with Crippen LogP contribution in [0.3, 0.4) is 0 Å². The van der Waals surface area contributed by atoms with E-state index in [1.807, 2.05) is 19.1 Å². The minimum Gasteiger partial charge on any atom is -0.353 e. The van der Waals surface area contributed by atoms with E-state index in [1.54, 1.807) is 36.7 Å². The number of hydrogen-bond donors (Lipinski definition) is 2. The fourth-order valence-corrected chi connectivity index (χ4v) is 3.43. The van der Waals surface area contributed by atoms with Crippen molar-refractivity contribution in [1.82, 2.24) is 25.1 Å². The average Bonchev–Trinajstić information content (AvgIpc) is 3.15. The van der Waals surface area contributed by atoms with Crippen LogP contribution in [0.1, 0.15) is 28.9 Å². The Hall–Kier alpha value is -3.42. The zero-order valence-corrected chi connectivity index (χ0v) is 15.6. The Balaban J connectivity index is 1.41. The molecule has 0 aliphatic carbocycles. The molecule has 0 saturated carbocycles. The zero-order valence-electron chi connectivity index (χ0n) is 15.6. The molecule has 1 aromatic carbocycles. The molecule has 2 aromatic heterocycles. The van der Waals surface area contributed by atoms with Crippen molar-refractivity contribution in [3.05, 3.63) is 70.5 Å². The van der Waals surface area contributed by atoms with E-state index in [-0.39, 0.29) is 17.6 Å². The number of nitrogens with zero attached hydrogens (tertiary/aromatic N) is 4. The summed E-state index contributed by atoms with van der Waals surface area (Å²) in [6, 6.07) is 11.0. The lowest BCUT2D eigenvalue weighted by molar-refractivity contribution is 0.0933. The Morgan fingerprint density at radius 1 is 1.18 bits per heavy atom. The standard InChI is InChI=1S/C20H22N6O2/c1-14-4-9-18(24-23-14)25-11-2-3-16(13-25)22-19(27)15-5-7-17(8-6-15)26-12-10-21-20(26)28/h4-10,12,16H,2-3,11,13H2,1H3,(H,21,28)(H,22,27). The molecular weight excluding hydrogens is 356 g/mol. The highest BCUT2D eigenvalue weighted by Crippen LogP contribution is 2.18. The number of rotatable bonds is 4. The first kappa shape index (κ1) is 18.0. The van der Waals surface area contributed by atoms with Gasteiger partial charge < -0.3 is 15.2 Å². The van der Waals surface area contributed by atoms with E-state index in [2.05, 4.69) is 25.4 Å². The monoisotopic (exact) mass is 378 g/mol. The van der Waals surface area contributed by atoms with E-state index in [1.165, 1.54) is 4.57 Å². The lowest BCUT2D eigenvalue weighted by Gasteiger charge is -2.33. The number of carbonyl (C=O) groups excluding carboxylic acids is 1. The molecule has 1 aliphatic rings.